The van der Waals surface area contributed by atoms with Crippen molar-refractivity contribution in [3.05, 3.63) is 88.1 Å². The summed E-state index contributed by atoms with van der Waals surface area (Å²) in [5.41, 5.74) is 10.8. The molecule has 0 aliphatic carbocycles. The Labute approximate surface area is 215 Å². The molecule has 36 heavy (non-hydrogen) atoms. The largest absolute Gasteiger partial charge is 0.390 e. The predicted octanol–water partition coefficient (Wildman–Crippen LogP) is 7.64. The lowest BCUT2D eigenvalue weighted by atomic mass is 9.75. The van der Waals surface area contributed by atoms with Crippen LogP contribution in [0.25, 0.3) is 22.0 Å². The molecule has 1 aromatic heterocycles. The highest BCUT2D eigenvalue weighted by molar-refractivity contribution is 5.98. The van der Waals surface area contributed by atoms with E-state index in [1.807, 2.05) is 0 Å². The first-order valence-electron chi connectivity index (χ1n) is 12.9. The SMILES string of the molecule is Cc1cc(-c2cccc3c(C)c[nH]c23)c(C#Cc2ccccc2C(C)C)c2c1NC(C)(C)C(O)C2C. The van der Waals surface area contributed by atoms with Gasteiger partial charge in [0.25, 0.3) is 0 Å². The zero-order valence-electron chi connectivity index (χ0n) is 22.4. The van der Waals surface area contributed by atoms with E-state index in [0.29, 0.717) is 5.92 Å². The summed E-state index contributed by atoms with van der Waals surface area (Å²) in [6.07, 6.45) is 1.53. The quantitative estimate of drug-likeness (QED) is 0.260. The van der Waals surface area contributed by atoms with Crippen LogP contribution < -0.4 is 5.32 Å². The van der Waals surface area contributed by atoms with Gasteiger partial charge < -0.3 is 15.4 Å². The predicted molar refractivity (Wildman–Crippen MR) is 152 cm³/mol. The monoisotopic (exact) mass is 476 g/mol. The van der Waals surface area contributed by atoms with Gasteiger partial charge >= 0.3 is 0 Å². The van der Waals surface area contributed by atoms with Crippen molar-refractivity contribution in [3.8, 4) is 23.0 Å². The second-order valence-electron chi connectivity index (χ2n) is 11.2. The molecular formula is C33H36N2O. The third-order valence-corrected chi connectivity index (χ3v) is 7.80. The molecule has 3 nitrogen and oxygen atoms in total. The number of benzene rings is 3. The second kappa shape index (κ2) is 8.87. The van der Waals surface area contributed by atoms with Gasteiger partial charge in [-0.3, -0.25) is 0 Å². The maximum atomic E-state index is 11.3. The number of rotatable bonds is 2. The fraction of sp³-hybridized carbons (Fsp3) is 0.333. The number of nitrogens with one attached hydrogen (secondary N) is 2. The molecule has 0 bridgehead atoms. The van der Waals surface area contributed by atoms with Gasteiger partial charge in [0.1, 0.15) is 0 Å². The number of anilines is 1. The van der Waals surface area contributed by atoms with E-state index in [1.54, 1.807) is 0 Å². The van der Waals surface area contributed by atoms with E-state index in [9.17, 15) is 5.11 Å². The molecule has 2 atom stereocenters. The van der Waals surface area contributed by atoms with Gasteiger partial charge in [0.15, 0.2) is 0 Å². The molecule has 5 rings (SSSR count). The van der Waals surface area contributed by atoms with E-state index in [0.717, 1.165) is 39.0 Å². The average Bonchev–Trinajstić information content (AvgIpc) is 3.23. The van der Waals surface area contributed by atoms with Gasteiger partial charge in [-0.05, 0) is 68.0 Å². The molecule has 2 heterocycles. The van der Waals surface area contributed by atoms with Crippen LogP contribution in [0.2, 0.25) is 0 Å². The number of aliphatic hydroxyl groups excluding tert-OH is 1. The van der Waals surface area contributed by atoms with E-state index < -0.39 is 11.6 Å². The Morgan fingerprint density at radius 1 is 0.944 bits per heavy atom. The van der Waals surface area contributed by atoms with Gasteiger partial charge in [-0.1, -0.05) is 69.0 Å². The minimum atomic E-state index is -0.535. The molecule has 0 radical (unpaired) electrons. The standard InChI is InChI=1S/C33H36N2O/c1-19(2)24-12-9-8-11-23(24)15-16-26-28(27-14-10-13-25-21(4)18-34-31(25)27)17-20(3)30-29(26)22(5)32(36)33(6,7)35-30/h8-14,17-19,22,32,34-36H,1-7H3. The summed E-state index contributed by atoms with van der Waals surface area (Å²) in [6.45, 7) is 15.0. The molecule has 3 N–H and O–H groups in total. The van der Waals surface area contributed by atoms with Gasteiger partial charge in [0, 0.05) is 45.4 Å². The van der Waals surface area contributed by atoms with E-state index in [4.69, 9.17) is 0 Å². The van der Waals surface area contributed by atoms with Crippen LogP contribution >= 0.6 is 0 Å². The number of H-pyrrole nitrogens is 1. The number of aryl methyl sites for hydroxylation is 2. The number of para-hydroxylation sites is 1. The Bertz CT molecular complexity index is 1530. The highest BCUT2D eigenvalue weighted by Gasteiger charge is 2.40. The maximum absolute atomic E-state index is 11.3. The highest BCUT2D eigenvalue weighted by atomic mass is 16.3. The number of hydrogen-bond acceptors (Lipinski definition) is 2. The first kappa shape index (κ1) is 24.2. The fourth-order valence-corrected chi connectivity index (χ4v) is 5.75. The van der Waals surface area contributed by atoms with Crippen molar-refractivity contribution in [2.24, 2.45) is 0 Å². The van der Waals surface area contributed by atoms with Crippen LogP contribution in [0, 0.1) is 25.7 Å². The topological polar surface area (TPSA) is 48.0 Å². The van der Waals surface area contributed by atoms with Crippen LogP contribution in [0.1, 0.15) is 79.8 Å². The fourth-order valence-electron chi connectivity index (χ4n) is 5.75. The van der Waals surface area contributed by atoms with Gasteiger partial charge in [-0.25, -0.2) is 0 Å². The van der Waals surface area contributed by atoms with E-state index in [-0.39, 0.29) is 5.92 Å². The van der Waals surface area contributed by atoms with Crippen molar-refractivity contribution in [2.45, 2.75) is 71.9 Å². The molecule has 0 fully saturated rings. The molecule has 0 saturated heterocycles. The number of aromatic nitrogens is 1. The zero-order valence-corrected chi connectivity index (χ0v) is 22.4. The molecule has 0 spiro atoms. The first-order chi connectivity index (χ1) is 17.1. The number of aromatic amines is 1. The summed E-state index contributed by atoms with van der Waals surface area (Å²) >= 11 is 0. The van der Waals surface area contributed by atoms with Crippen molar-refractivity contribution in [1.29, 1.82) is 0 Å². The number of hydrogen-bond donors (Lipinski definition) is 3. The lowest BCUT2D eigenvalue weighted by Gasteiger charge is -2.43. The summed E-state index contributed by atoms with van der Waals surface area (Å²) < 4.78 is 0. The summed E-state index contributed by atoms with van der Waals surface area (Å²) in [5, 5.41) is 16.2. The average molecular weight is 477 g/mol. The maximum Gasteiger partial charge on any atom is 0.0831 e. The van der Waals surface area contributed by atoms with E-state index in [2.05, 4.69) is 125 Å². The smallest absolute Gasteiger partial charge is 0.0831 e. The molecule has 0 amide bonds. The van der Waals surface area contributed by atoms with Crippen LogP contribution in [-0.2, 0) is 0 Å². The molecule has 3 heteroatoms. The van der Waals surface area contributed by atoms with E-state index in [1.165, 1.54) is 22.1 Å². The van der Waals surface area contributed by atoms with Crippen molar-refractivity contribution < 1.29 is 5.11 Å². The van der Waals surface area contributed by atoms with Gasteiger partial charge in [-0.15, -0.1) is 0 Å². The summed E-state index contributed by atoms with van der Waals surface area (Å²) in [6, 6.07) is 17.1. The van der Waals surface area contributed by atoms with Crippen LogP contribution in [0.5, 0.6) is 0 Å². The Balaban J connectivity index is 1.84. The van der Waals surface area contributed by atoms with Crippen molar-refractivity contribution >= 4 is 16.6 Å². The molecule has 4 aromatic rings. The van der Waals surface area contributed by atoms with Gasteiger partial charge in [0.05, 0.1) is 17.2 Å². The van der Waals surface area contributed by atoms with Crippen molar-refractivity contribution in [3.63, 3.8) is 0 Å². The zero-order chi connectivity index (χ0) is 25.8. The molecule has 1 aliphatic rings. The van der Waals surface area contributed by atoms with Crippen LogP contribution in [0.4, 0.5) is 5.69 Å². The van der Waals surface area contributed by atoms with Crippen LogP contribution in [0.15, 0.2) is 54.7 Å². The summed E-state index contributed by atoms with van der Waals surface area (Å²) in [4.78, 5) is 3.50. The van der Waals surface area contributed by atoms with E-state index >= 15 is 0 Å². The highest BCUT2D eigenvalue weighted by Crippen LogP contribution is 2.46. The lowest BCUT2D eigenvalue weighted by Crippen LogP contribution is -2.50. The third kappa shape index (κ3) is 3.91. The molecule has 2 unspecified atom stereocenters. The lowest BCUT2D eigenvalue weighted by molar-refractivity contribution is 0.0868. The normalized spacial score (nSPS) is 18.5. The summed E-state index contributed by atoms with van der Waals surface area (Å²) in [7, 11) is 0. The Kier molecular flexibility index (Phi) is 5.97. The number of fused-ring (bicyclic) bond motifs is 2. The Morgan fingerprint density at radius 2 is 1.69 bits per heavy atom. The molecule has 3 aromatic carbocycles. The minimum absolute atomic E-state index is 0.0656. The van der Waals surface area contributed by atoms with Gasteiger partial charge in [-0.2, -0.15) is 0 Å². The number of aliphatic hydroxyl groups is 1. The van der Waals surface area contributed by atoms with Gasteiger partial charge in [0.2, 0.25) is 0 Å². The van der Waals surface area contributed by atoms with Crippen LogP contribution in [0.3, 0.4) is 0 Å². The van der Waals surface area contributed by atoms with Crippen LogP contribution in [-0.4, -0.2) is 21.7 Å². The minimum Gasteiger partial charge on any atom is -0.390 e. The summed E-state index contributed by atoms with van der Waals surface area (Å²) in [5.74, 6) is 7.47. The molecule has 1 aliphatic heterocycles. The molecular weight excluding hydrogens is 440 g/mol. The molecule has 184 valence electrons. The van der Waals surface area contributed by atoms with Crippen molar-refractivity contribution in [2.75, 3.05) is 5.32 Å². The second-order valence-corrected chi connectivity index (χ2v) is 11.2. The molecule has 0 saturated carbocycles. The Hall–Kier alpha value is -3.48. The van der Waals surface area contributed by atoms with Crippen molar-refractivity contribution in [1.82, 2.24) is 4.98 Å². The first-order valence-corrected chi connectivity index (χ1v) is 12.9. The Morgan fingerprint density at radius 3 is 2.44 bits per heavy atom. The third-order valence-electron chi connectivity index (χ3n) is 7.80.